The molecule has 3 N–H and O–H groups in total. The molecular formula is C21H20N2O3. The van der Waals surface area contributed by atoms with Crippen LogP contribution in [0.4, 0.5) is 0 Å². The molecule has 26 heavy (non-hydrogen) atoms. The number of hydrogen-bond acceptors (Lipinski definition) is 5. The van der Waals surface area contributed by atoms with Gasteiger partial charge in [-0.1, -0.05) is 30.3 Å². The Morgan fingerprint density at radius 1 is 0.962 bits per heavy atom. The van der Waals surface area contributed by atoms with Crippen molar-refractivity contribution in [2.24, 2.45) is 0 Å². The molecule has 0 bridgehead atoms. The van der Waals surface area contributed by atoms with Crippen molar-refractivity contribution in [3.63, 3.8) is 0 Å². The van der Waals surface area contributed by atoms with Crippen molar-refractivity contribution in [3.05, 3.63) is 71.8 Å². The minimum Gasteiger partial charge on any atom is -0.507 e. The summed E-state index contributed by atoms with van der Waals surface area (Å²) >= 11 is 0. The first kappa shape index (κ1) is 16.3. The van der Waals surface area contributed by atoms with E-state index < -0.39 is 0 Å². The molecule has 0 aliphatic carbocycles. The van der Waals surface area contributed by atoms with Gasteiger partial charge < -0.3 is 20.0 Å². The molecule has 0 saturated heterocycles. The molecule has 5 heteroatoms. The van der Waals surface area contributed by atoms with Gasteiger partial charge in [-0.25, -0.2) is 5.43 Å². The number of methoxy groups -OCH3 is 2. The van der Waals surface area contributed by atoms with E-state index in [0.717, 1.165) is 39.1 Å². The first-order chi connectivity index (χ1) is 12.7. The van der Waals surface area contributed by atoms with Gasteiger partial charge in [-0.15, -0.1) is 0 Å². The van der Waals surface area contributed by atoms with Crippen LogP contribution in [0.2, 0.25) is 0 Å². The highest BCUT2D eigenvalue weighted by molar-refractivity contribution is 5.96. The molecule has 1 unspecified atom stereocenters. The molecule has 1 heterocycles. The molecule has 4 rings (SSSR count). The summed E-state index contributed by atoms with van der Waals surface area (Å²) in [6, 6.07) is 17.3. The van der Waals surface area contributed by atoms with Gasteiger partial charge in [-0.2, -0.15) is 0 Å². The van der Waals surface area contributed by atoms with Crippen molar-refractivity contribution in [1.82, 2.24) is 10.9 Å². The fourth-order valence-corrected chi connectivity index (χ4v) is 3.34. The average molecular weight is 348 g/mol. The maximum atomic E-state index is 10.4. The highest BCUT2D eigenvalue weighted by Crippen LogP contribution is 2.37. The first-order valence-corrected chi connectivity index (χ1v) is 8.37. The van der Waals surface area contributed by atoms with Crippen molar-refractivity contribution in [2.45, 2.75) is 6.04 Å². The molecule has 0 radical (unpaired) electrons. The Balaban J connectivity index is 1.77. The van der Waals surface area contributed by atoms with E-state index in [1.54, 1.807) is 20.3 Å². The summed E-state index contributed by atoms with van der Waals surface area (Å²) in [6.45, 7) is 0. The molecule has 0 aromatic heterocycles. The van der Waals surface area contributed by atoms with Gasteiger partial charge in [0, 0.05) is 17.2 Å². The molecule has 5 nitrogen and oxygen atoms in total. The molecule has 1 aliphatic rings. The lowest BCUT2D eigenvalue weighted by molar-refractivity contribution is 0.388. The molecule has 0 saturated carbocycles. The highest BCUT2D eigenvalue weighted by Gasteiger charge is 2.23. The Labute approximate surface area is 151 Å². The molecule has 0 fully saturated rings. The van der Waals surface area contributed by atoms with Crippen molar-refractivity contribution < 1.29 is 14.6 Å². The second-order valence-electron chi connectivity index (χ2n) is 6.12. The summed E-state index contributed by atoms with van der Waals surface area (Å²) in [4.78, 5) is 0. The Morgan fingerprint density at radius 3 is 2.62 bits per heavy atom. The van der Waals surface area contributed by atoms with Gasteiger partial charge in [0.2, 0.25) is 0 Å². The van der Waals surface area contributed by atoms with E-state index in [0.29, 0.717) is 0 Å². The number of phenolic OH excluding ortho intramolecular Hbond substituents is 1. The minimum atomic E-state index is -0.0933. The molecule has 132 valence electrons. The molecule has 1 atom stereocenters. The van der Waals surface area contributed by atoms with Gasteiger partial charge in [-0.05, 0) is 35.0 Å². The van der Waals surface area contributed by atoms with E-state index >= 15 is 0 Å². The van der Waals surface area contributed by atoms with Crippen LogP contribution in [0.1, 0.15) is 17.2 Å². The number of hydrogen-bond donors (Lipinski definition) is 3. The van der Waals surface area contributed by atoms with Gasteiger partial charge in [-0.3, -0.25) is 0 Å². The van der Waals surface area contributed by atoms with Crippen molar-refractivity contribution in [2.75, 3.05) is 14.2 Å². The normalized spacial score (nSPS) is 16.2. The van der Waals surface area contributed by atoms with E-state index in [4.69, 9.17) is 9.47 Å². The lowest BCUT2D eigenvalue weighted by atomic mass is 9.99. The Morgan fingerprint density at radius 2 is 1.81 bits per heavy atom. The van der Waals surface area contributed by atoms with Crippen LogP contribution in [0, 0.1) is 0 Å². The molecule has 1 aliphatic heterocycles. The van der Waals surface area contributed by atoms with Crippen LogP contribution in [0.3, 0.4) is 0 Å². The lowest BCUT2D eigenvalue weighted by Gasteiger charge is -2.14. The number of fused-ring (bicyclic) bond motifs is 1. The third-order valence-corrected chi connectivity index (χ3v) is 4.65. The topological polar surface area (TPSA) is 62.8 Å². The fourth-order valence-electron chi connectivity index (χ4n) is 3.34. The van der Waals surface area contributed by atoms with Crippen molar-refractivity contribution >= 4 is 16.5 Å². The first-order valence-electron chi connectivity index (χ1n) is 8.37. The number of benzene rings is 3. The molecule has 3 aromatic rings. The van der Waals surface area contributed by atoms with Crippen LogP contribution in [-0.4, -0.2) is 19.3 Å². The molecule has 3 aromatic carbocycles. The zero-order valence-corrected chi connectivity index (χ0v) is 14.6. The number of aromatic hydroxyl groups is 1. The van der Waals surface area contributed by atoms with Gasteiger partial charge in [0.15, 0.2) is 0 Å². The van der Waals surface area contributed by atoms with Crippen LogP contribution < -0.4 is 20.3 Å². The molecule has 0 amide bonds. The predicted octanol–water partition coefficient (Wildman–Crippen LogP) is 3.75. The van der Waals surface area contributed by atoms with Gasteiger partial charge >= 0.3 is 0 Å². The summed E-state index contributed by atoms with van der Waals surface area (Å²) in [7, 11) is 3.27. The van der Waals surface area contributed by atoms with Crippen LogP contribution in [0.5, 0.6) is 17.2 Å². The van der Waals surface area contributed by atoms with E-state index in [-0.39, 0.29) is 11.8 Å². The monoisotopic (exact) mass is 348 g/mol. The summed E-state index contributed by atoms with van der Waals surface area (Å²) in [5, 5.41) is 12.5. The van der Waals surface area contributed by atoms with Crippen molar-refractivity contribution in [3.8, 4) is 17.2 Å². The van der Waals surface area contributed by atoms with E-state index in [9.17, 15) is 5.11 Å². The van der Waals surface area contributed by atoms with Crippen LogP contribution >= 0.6 is 0 Å². The minimum absolute atomic E-state index is 0.0933. The third-order valence-electron chi connectivity index (χ3n) is 4.65. The van der Waals surface area contributed by atoms with Gasteiger partial charge in [0.05, 0.1) is 26.0 Å². The maximum absolute atomic E-state index is 10.4. The second kappa shape index (κ2) is 6.61. The number of ether oxygens (including phenoxy) is 2. The summed E-state index contributed by atoms with van der Waals surface area (Å²) < 4.78 is 10.8. The van der Waals surface area contributed by atoms with Crippen molar-refractivity contribution in [1.29, 1.82) is 0 Å². The maximum Gasteiger partial charge on any atom is 0.127 e. The Bertz CT molecular complexity index is 998. The van der Waals surface area contributed by atoms with E-state index in [1.807, 2.05) is 54.6 Å². The lowest BCUT2D eigenvalue weighted by Crippen LogP contribution is -2.26. The Kier molecular flexibility index (Phi) is 4.14. The van der Waals surface area contributed by atoms with Crippen LogP contribution in [-0.2, 0) is 0 Å². The quantitative estimate of drug-likeness (QED) is 0.670. The molecular weight excluding hydrogens is 328 g/mol. The van der Waals surface area contributed by atoms with Crippen LogP contribution in [0.25, 0.3) is 16.5 Å². The van der Waals surface area contributed by atoms with Gasteiger partial charge in [0.1, 0.15) is 17.2 Å². The van der Waals surface area contributed by atoms with Crippen LogP contribution in [0.15, 0.2) is 60.7 Å². The summed E-state index contributed by atoms with van der Waals surface area (Å²) in [5.41, 5.74) is 9.05. The number of nitrogens with one attached hydrogen (secondary N) is 2. The zero-order valence-electron chi connectivity index (χ0n) is 14.6. The number of hydrazine groups is 1. The number of rotatable bonds is 4. The SMILES string of the molecule is COc1ccc(C2C=C(c3c(O)ccc4ccccc34)NN2)c(OC)c1. The summed E-state index contributed by atoms with van der Waals surface area (Å²) in [6.07, 6.45) is 2.05. The van der Waals surface area contributed by atoms with E-state index in [2.05, 4.69) is 10.9 Å². The molecule has 0 spiro atoms. The smallest absolute Gasteiger partial charge is 0.127 e. The largest absolute Gasteiger partial charge is 0.507 e. The standard InChI is InChI=1S/C21H20N2O3/c1-25-14-8-9-16(20(11-14)26-2)17-12-18(23-22-17)21-15-6-4-3-5-13(15)7-10-19(21)24/h3-12,17,22-24H,1-2H3. The summed E-state index contributed by atoms with van der Waals surface area (Å²) in [5.74, 6) is 1.72. The number of phenols is 1. The second-order valence-corrected chi connectivity index (χ2v) is 6.12. The predicted molar refractivity (Wildman–Crippen MR) is 102 cm³/mol. The average Bonchev–Trinajstić information content (AvgIpc) is 3.16. The fraction of sp³-hybridized carbons (Fsp3) is 0.143. The zero-order chi connectivity index (χ0) is 18.1. The third kappa shape index (κ3) is 2.72. The van der Waals surface area contributed by atoms with Gasteiger partial charge in [0.25, 0.3) is 0 Å². The van der Waals surface area contributed by atoms with E-state index in [1.165, 1.54) is 0 Å². The highest BCUT2D eigenvalue weighted by atomic mass is 16.5. The Hall–Kier alpha value is -3.18.